The monoisotopic (exact) mass is 250 g/mol. The third-order valence-corrected chi connectivity index (χ3v) is 3.25. The van der Waals surface area contributed by atoms with Crippen molar-refractivity contribution in [3.63, 3.8) is 0 Å². The summed E-state index contributed by atoms with van der Waals surface area (Å²) < 4.78 is 0. The van der Waals surface area contributed by atoms with Crippen molar-refractivity contribution in [2.24, 2.45) is 0 Å². The number of rotatable bonds is 8. The molecule has 0 rings (SSSR count). The van der Waals surface area contributed by atoms with E-state index in [1.165, 1.54) is 0 Å². The maximum atomic E-state index is 10.8. The molecule has 0 aliphatic carbocycles. The zero-order valence-corrected chi connectivity index (χ0v) is 9.57. The summed E-state index contributed by atoms with van der Waals surface area (Å²) in [5.74, 6) is -3.65. The molecule has 0 fully saturated rings. The van der Waals surface area contributed by atoms with Crippen LogP contribution in [0.5, 0.6) is 0 Å². The third kappa shape index (κ3) is 5.59. The van der Waals surface area contributed by atoms with Crippen LogP contribution in [0.4, 0.5) is 0 Å². The van der Waals surface area contributed by atoms with Gasteiger partial charge < -0.3 is 15.3 Å². The Morgan fingerprint density at radius 3 is 1.88 bits per heavy atom. The van der Waals surface area contributed by atoms with Crippen molar-refractivity contribution < 1.29 is 29.7 Å². The van der Waals surface area contributed by atoms with Crippen LogP contribution in [0.15, 0.2) is 0 Å². The predicted octanol–water partition coefficient (Wildman–Crippen LogP) is 0.901. The molecule has 0 aromatic heterocycles. The molecule has 0 spiro atoms. The molecule has 0 amide bonds. The molecular weight excluding hydrogens is 236 g/mol. The molecule has 3 N–H and O–H groups in total. The highest BCUT2D eigenvalue weighted by molar-refractivity contribution is 8.01. The Hall–Kier alpha value is -1.24. The highest BCUT2D eigenvalue weighted by Crippen LogP contribution is 2.24. The summed E-state index contributed by atoms with van der Waals surface area (Å²) in [4.78, 5) is 31.9. The first-order valence-corrected chi connectivity index (χ1v) is 5.65. The average Bonchev–Trinajstić information content (AvgIpc) is 2.14. The maximum absolute atomic E-state index is 10.8. The number of aliphatic carboxylic acids is 3. The van der Waals surface area contributed by atoms with Gasteiger partial charge in [0.15, 0.2) is 0 Å². The summed E-state index contributed by atoms with van der Waals surface area (Å²) in [6.07, 6.45) is 0.347. The molecule has 0 aliphatic rings. The Bertz CT molecular complexity index is 277. The summed E-state index contributed by atoms with van der Waals surface area (Å²) in [7, 11) is 0. The second-order valence-electron chi connectivity index (χ2n) is 3.18. The second-order valence-corrected chi connectivity index (χ2v) is 4.59. The van der Waals surface area contributed by atoms with E-state index in [2.05, 4.69) is 0 Å². The molecule has 0 aliphatic heterocycles. The van der Waals surface area contributed by atoms with Crippen molar-refractivity contribution in [1.82, 2.24) is 0 Å². The number of thioether (sulfide) groups is 1. The van der Waals surface area contributed by atoms with Gasteiger partial charge in [-0.25, -0.2) is 0 Å². The van der Waals surface area contributed by atoms with E-state index in [0.717, 1.165) is 0 Å². The normalized spacial score (nSPS) is 14.1. The molecule has 0 aromatic rings. The summed E-state index contributed by atoms with van der Waals surface area (Å²) in [6, 6.07) is 0. The first kappa shape index (κ1) is 14.8. The fraction of sp³-hybridized carbons (Fsp3) is 0.667. The van der Waals surface area contributed by atoms with Gasteiger partial charge in [-0.3, -0.25) is 14.4 Å². The molecule has 7 heteroatoms. The Kier molecular flexibility index (Phi) is 6.55. The van der Waals surface area contributed by atoms with Crippen molar-refractivity contribution in [2.45, 2.75) is 36.7 Å². The van der Waals surface area contributed by atoms with Crippen LogP contribution >= 0.6 is 11.8 Å². The molecule has 0 radical (unpaired) electrons. The summed E-state index contributed by atoms with van der Waals surface area (Å²) >= 11 is 0.679. The largest absolute Gasteiger partial charge is 0.481 e. The zero-order valence-electron chi connectivity index (χ0n) is 8.75. The van der Waals surface area contributed by atoms with Crippen LogP contribution in [0, 0.1) is 0 Å². The van der Waals surface area contributed by atoms with Gasteiger partial charge in [0.1, 0.15) is 10.5 Å². The van der Waals surface area contributed by atoms with Crippen molar-refractivity contribution >= 4 is 29.7 Å². The highest BCUT2D eigenvalue weighted by Gasteiger charge is 2.28. The fourth-order valence-corrected chi connectivity index (χ4v) is 2.30. The van der Waals surface area contributed by atoms with E-state index in [4.69, 9.17) is 15.3 Å². The molecule has 0 heterocycles. The molecule has 2 unspecified atom stereocenters. The minimum absolute atomic E-state index is 0.323. The van der Waals surface area contributed by atoms with Gasteiger partial charge in [0, 0.05) is 0 Å². The summed E-state index contributed by atoms with van der Waals surface area (Å²) in [5, 5.41) is 24.0. The van der Waals surface area contributed by atoms with E-state index in [0.29, 0.717) is 24.6 Å². The van der Waals surface area contributed by atoms with Gasteiger partial charge in [-0.1, -0.05) is 13.3 Å². The Morgan fingerprint density at radius 2 is 1.56 bits per heavy atom. The minimum Gasteiger partial charge on any atom is -0.481 e. The molecular formula is C9H14O6S. The standard InChI is InChI=1S/C9H14O6S/c1-2-3-5(8(12)13)16-6(9(14)15)4-7(10)11/h5-6H,2-4H2,1H3,(H,10,11)(H,12,13)(H,14,15). The summed E-state index contributed by atoms with van der Waals surface area (Å²) in [6.45, 7) is 1.78. The van der Waals surface area contributed by atoms with Gasteiger partial charge in [0.05, 0.1) is 6.42 Å². The van der Waals surface area contributed by atoms with Crippen molar-refractivity contribution in [3.05, 3.63) is 0 Å². The topological polar surface area (TPSA) is 112 Å². The number of carboxylic acid groups (broad SMARTS) is 3. The molecule has 2 atom stereocenters. The van der Waals surface area contributed by atoms with E-state index < -0.39 is 34.8 Å². The second kappa shape index (κ2) is 7.10. The van der Waals surface area contributed by atoms with Gasteiger partial charge in [-0.2, -0.15) is 0 Å². The van der Waals surface area contributed by atoms with Gasteiger partial charge in [0.25, 0.3) is 0 Å². The van der Waals surface area contributed by atoms with Crippen molar-refractivity contribution in [1.29, 1.82) is 0 Å². The molecule has 6 nitrogen and oxygen atoms in total. The molecule has 0 bridgehead atoms. The quantitative estimate of drug-likeness (QED) is 0.586. The van der Waals surface area contributed by atoms with Crippen molar-refractivity contribution in [3.8, 4) is 0 Å². The van der Waals surface area contributed by atoms with Crippen LogP contribution in [-0.4, -0.2) is 43.7 Å². The number of carboxylic acids is 3. The minimum atomic E-state index is -1.30. The van der Waals surface area contributed by atoms with E-state index in [9.17, 15) is 14.4 Å². The predicted molar refractivity (Wildman–Crippen MR) is 57.6 cm³/mol. The first-order chi connectivity index (χ1) is 7.38. The maximum Gasteiger partial charge on any atom is 0.317 e. The number of hydrogen-bond donors (Lipinski definition) is 3. The van der Waals surface area contributed by atoms with Gasteiger partial charge in [0.2, 0.25) is 0 Å². The molecule has 16 heavy (non-hydrogen) atoms. The van der Waals surface area contributed by atoms with Crippen LogP contribution in [0.2, 0.25) is 0 Å². The van der Waals surface area contributed by atoms with E-state index in [1.54, 1.807) is 6.92 Å². The molecule has 0 saturated heterocycles. The van der Waals surface area contributed by atoms with E-state index in [1.807, 2.05) is 0 Å². The highest BCUT2D eigenvalue weighted by atomic mass is 32.2. The lowest BCUT2D eigenvalue weighted by atomic mass is 10.2. The van der Waals surface area contributed by atoms with E-state index >= 15 is 0 Å². The zero-order chi connectivity index (χ0) is 12.7. The lowest BCUT2D eigenvalue weighted by Gasteiger charge is -2.15. The third-order valence-electron chi connectivity index (χ3n) is 1.79. The Balaban J connectivity index is 4.50. The van der Waals surface area contributed by atoms with Crippen LogP contribution in [-0.2, 0) is 14.4 Å². The molecule has 92 valence electrons. The number of carbonyl (C=O) groups is 3. The van der Waals surface area contributed by atoms with Crippen LogP contribution in [0.1, 0.15) is 26.2 Å². The fourth-order valence-electron chi connectivity index (χ4n) is 1.06. The van der Waals surface area contributed by atoms with E-state index in [-0.39, 0.29) is 0 Å². The van der Waals surface area contributed by atoms with Crippen LogP contribution in [0.3, 0.4) is 0 Å². The Labute approximate surface area is 96.6 Å². The van der Waals surface area contributed by atoms with Gasteiger partial charge in [-0.05, 0) is 6.42 Å². The first-order valence-electron chi connectivity index (χ1n) is 4.71. The van der Waals surface area contributed by atoms with Gasteiger partial charge >= 0.3 is 17.9 Å². The SMILES string of the molecule is CCCC(SC(CC(=O)O)C(=O)O)C(=O)O. The smallest absolute Gasteiger partial charge is 0.317 e. The lowest BCUT2D eigenvalue weighted by molar-refractivity contribution is -0.143. The average molecular weight is 250 g/mol. The van der Waals surface area contributed by atoms with Crippen LogP contribution in [0.25, 0.3) is 0 Å². The summed E-state index contributed by atoms with van der Waals surface area (Å²) in [5.41, 5.74) is 0. The Morgan fingerprint density at radius 1 is 1.06 bits per heavy atom. The molecule has 0 saturated carbocycles. The van der Waals surface area contributed by atoms with Crippen molar-refractivity contribution in [2.75, 3.05) is 0 Å². The van der Waals surface area contributed by atoms with Crippen LogP contribution < -0.4 is 0 Å². The number of hydrogen-bond acceptors (Lipinski definition) is 4. The van der Waals surface area contributed by atoms with Gasteiger partial charge in [-0.15, -0.1) is 11.8 Å². The lowest BCUT2D eigenvalue weighted by Crippen LogP contribution is -2.27. The molecule has 0 aromatic carbocycles.